The number of carbonyl (C=O) groups excluding carboxylic acids is 1. The monoisotopic (exact) mass is 324 g/mol. The molecule has 0 fully saturated rings. The molecule has 1 amide bonds. The molecule has 0 saturated carbocycles. The molecule has 7 heteroatoms. The van der Waals surface area contributed by atoms with Gasteiger partial charge in [-0.3, -0.25) is 4.79 Å². The Labute approximate surface area is 132 Å². The summed E-state index contributed by atoms with van der Waals surface area (Å²) in [6, 6.07) is 7.02. The Kier molecular flexibility index (Phi) is 5.52. The van der Waals surface area contributed by atoms with Crippen molar-refractivity contribution in [2.45, 2.75) is 26.3 Å². The van der Waals surface area contributed by atoms with E-state index in [0.717, 1.165) is 17.8 Å². The number of halogens is 1. The van der Waals surface area contributed by atoms with Gasteiger partial charge in [0.25, 0.3) is 5.91 Å². The van der Waals surface area contributed by atoms with Gasteiger partial charge in [-0.2, -0.15) is 0 Å². The van der Waals surface area contributed by atoms with Gasteiger partial charge in [0.1, 0.15) is 5.82 Å². The predicted octanol–water partition coefficient (Wildman–Crippen LogP) is 3.50. The number of nitrogens with zero attached hydrogens (tertiary/aromatic N) is 2. The predicted molar refractivity (Wildman–Crippen MR) is 86.0 cm³/mol. The molecule has 0 spiro atoms. The molecule has 1 unspecified atom stereocenters. The van der Waals surface area contributed by atoms with Crippen LogP contribution in [0, 0.1) is 0 Å². The molecule has 0 aliphatic heterocycles. The molecule has 2 rings (SSSR count). The van der Waals surface area contributed by atoms with Crippen molar-refractivity contribution in [2.75, 3.05) is 11.9 Å². The van der Waals surface area contributed by atoms with Crippen LogP contribution in [0.2, 0.25) is 4.34 Å². The summed E-state index contributed by atoms with van der Waals surface area (Å²) in [7, 11) is 0. The first-order valence-corrected chi connectivity index (χ1v) is 7.93. The fraction of sp³-hybridized carbons (Fsp3) is 0.357. The summed E-state index contributed by atoms with van der Waals surface area (Å²) in [5.41, 5.74) is 0.298. The maximum absolute atomic E-state index is 12.1. The van der Waals surface area contributed by atoms with Gasteiger partial charge in [0.2, 0.25) is 0 Å². The number of anilines is 1. The molecule has 2 heterocycles. The molecular formula is C14H17ClN4OS. The lowest BCUT2D eigenvalue weighted by Crippen LogP contribution is -2.27. The van der Waals surface area contributed by atoms with Crippen LogP contribution in [-0.2, 0) is 0 Å². The zero-order chi connectivity index (χ0) is 15.2. The van der Waals surface area contributed by atoms with Gasteiger partial charge in [0.15, 0.2) is 5.69 Å². The highest BCUT2D eigenvalue weighted by Crippen LogP contribution is 2.26. The van der Waals surface area contributed by atoms with E-state index in [9.17, 15) is 4.79 Å². The van der Waals surface area contributed by atoms with E-state index in [1.165, 1.54) is 11.3 Å². The van der Waals surface area contributed by atoms with Gasteiger partial charge in [0.05, 0.1) is 10.4 Å². The molecule has 2 aromatic heterocycles. The SMILES string of the molecule is CCCNc1ccc(C(=O)NC(C)c2ccc(Cl)s2)nn1. The largest absolute Gasteiger partial charge is 0.369 e. The fourth-order valence-electron chi connectivity index (χ4n) is 1.70. The Morgan fingerprint density at radius 2 is 2.14 bits per heavy atom. The molecular weight excluding hydrogens is 308 g/mol. The van der Waals surface area contributed by atoms with Crippen LogP contribution in [0.15, 0.2) is 24.3 Å². The highest BCUT2D eigenvalue weighted by molar-refractivity contribution is 7.16. The molecule has 2 aromatic rings. The molecule has 0 bridgehead atoms. The van der Waals surface area contributed by atoms with Crippen molar-refractivity contribution in [3.8, 4) is 0 Å². The van der Waals surface area contributed by atoms with Crippen LogP contribution in [-0.4, -0.2) is 22.6 Å². The summed E-state index contributed by atoms with van der Waals surface area (Å²) < 4.78 is 0.706. The van der Waals surface area contributed by atoms with E-state index in [2.05, 4.69) is 27.8 Å². The number of hydrogen-bond donors (Lipinski definition) is 2. The Balaban J connectivity index is 1.96. The summed E-state index contributed by atoms with van der Waals surface area (Å²) in [5, 5.41) is 13.9. The number of hydrogen-bond acceptors (Lipinski definition) is 5. The van der Waals surface area contributed by atoms with Crippen molar-refractivity contribution in [3.63, 3.8) is 0 Å². The Morgan fingerprint density at radius 1 is 1.33 bits per heavy atom. The summed E-state index contributed by atoms with van der Waals surface area (Å²) in [6.07, 6.45) is 1.00. The summed E-state index contributed by atoms with van der Waals surface area (Å²) in [5.74, 6) is 0.424. The number of nitrogens with one attached hydrogen (secondary N) is 2. The van der Waals surface area contributed by atoms with E-state index in [-0.39, 0.29) is 11.9 Å². The molecule has 21 heavy (non-hydrogen) atoms. The molecule has 0 aliphatic rings. The number of thiophene rings is 1. The van der Waals surface area contributed by atoms with Crippen molar-refractivity contribution in [3.05, 3.63) is 39.2 Å². The van der Waals surface area contributed by atoms with Crippen LogP contribution in [0.1, 0.15) is 41.7 Å². The fourth-order valence-corrected chi connectivity index (χ4v) is 2.77. The second-order valence-corrected chi connectivity index (χ2v) is 6.31. The minimum atomic E-state index is -0.249. The van der Waals surface area contributed by atoms with E-state index in [0.29, 0.717) is 15.8 Å². The number of aromatic nitrogens is 2. The number of carbonyl (C=O) groups is 1. The van der Waals surface area contributed by atoms with Gasteiger partial charge in [0, 0.05) is 11.4 Å². The van der Waals surface area contributed by atoms with Crippen LogP contribution in [0.5, 0.6) is 0 Å². The zero-order valence-electron chi connectivity index (χ0n) is 11.9. The topological polar surface area (TPSA) is 66.9 Å². The molecule has 0 radical (unpaired) electrons. The third kappa shape index (κ3) is 4.41. The lowest BCUT2D eigenvalue weighted by atomic mass is 10.2. The molecule has 2 N–H and O–H groups in total. The minimum Gasteiger partial charge on any atom is -0.369 e. The number of rotatable bonds is 6. The summed E-state index contributed by atoms with van der Waals surface area (Å²) in [6.45, 7) is 4.81. The van der Waals surface area contributed by atoms with Crippen LogP contribution < -0.4 is 10.6 Å². The van der Waals surface area contributed by atoms with E-state index in [4.69, 9.17) is 11.6 Å². The molecule has 112 valence electrons. The van der Waals surface area contributed by atoms with E-state index >= 15 is 0 Å². The molecule has 1 atom stereocenters. The van der Waals surface area contributed by atoms with Crippen LogP contribution in [0.25, 0.3) is 0 Å². The summed E-state index contributed by atoms with van der Waals surface area (Å²) >= 11 is 7.34. The smallest absolute Gasteiger partial charge is 0.272 e. The molecule has 0 aromatic carbocycles. The maximum atomic E-state index is 12.1. The van der Waals surface area contributed by atoms with Gasteiger partial charge in [-0.1, -0.05) is 18.5 Å². The Hall–Kier alpha value is -1.66. The Bertz CT molecular complexity index is 599. The third-order valence-electron chi connectivity index (χ3n) is 2.82. The van der Waals surface area contributed by atoms with Crippen LogP contribution in [0.4, 0.5) is 5.82 Å². The highest BCUT2D eigenvalue weighted by atomic mass is 35.5. The normalized spacial score (nSPS) is 12.0. The lowest BCUT2D eigenvalue weighted by molar-refractivity contribution is 0.0934. The van der Waals surface area contributed by atoms with E-state index in [1.807, 2.05) is 19.1 Å². The van der Waals surface area contributed by atoms with Crippen molar-refractivity contribution in [1.29, 1.82) is 0 Å². The van der Waals surface area contributed by atoms with Crippen molar-refractivity contribution < 1.29 is 4.79 Å². The van der Waals surface area contributed by atoms with Crippen molar-refractivity contribution in [1.82, 2.24) is 15.5 Å². The van der Waals surface area contributed by atoms with Crippen LogP contribution >= 0.6 is 22.9 Å². The van der Waals surface area contributed by atoms with Gasteiger partial charge >= 0.3 is 0 Å². The van der Waals surface area contributed by atoms with Gasteiger partial charge in [-0.05, 0) is 37.6 Å². The molecule has 5 nitrogen and oxygen atoms in total. The average molecular weight is 325 g/mol. The first kappa shape index (κ1) is 15.7. The second kappa shape index (κ2) is 7.38. The Morgan fingerprint density at radius 3 is 2.71 bits per heavy atom. The van der Waals surface area contributed by atoms with Crippen molar-refractivity contribution >= 4 is 34.7 Å². The highest BCUT2D eigenvalue weighted by Gasteiger charge is 2.14. The van der Waals surface area contributed by atoms with E-state index < -0.39 is 0 Å². The third-order valence-corrected chi connectivity index (χ3v) is 4.24. The number of amides is 1. The quantitative estimate of drug-likeness (QED) is 0.853. The van der Waals surface area contributed by atoms with Gasteiger partial charge < -0.3 is 10.6 Å². The maximum Gasteiger partial charge on any atom is 0.272 e. The average Bonchev–Trinajstić information content (AvgIpc) is 2.92. The molecule has 0 saturated heterocycles. The van der Waals surface area contributed by atoms with E-state index in [1.54, 1.807) is 12.1 Å². The van der Waals surface area contributed by atoms with Crippen molar-refractivity contribution in [2.24, 2.45) is 0 Å². The van der Waals surface area contributed by atoms with Gasteiger partial charge in [-0.25, -0.2) is 0 Å². The lowest BCUT2D eigenvalue weighted by Gasteiger charge is -2.11. The van der Waals surface area contributed by atoms with Crippen LogP contribution in [0.3, 0.4) is 0 Å². The zero-order valence-corrected chi connectivity index (χ0v) is 13.5. The summed E-state index contributed by atoms with van der Waals surface area (Å²) in [4.78, 5) is 13.1. The second-order valence-electron chi connectivity index (χ2n) is 4.57. The first-order chi connectivity index (χ1) is 10.1. The first-order valence-electron chi connectivity index (χ1n) is 6.74. The molecule has 0 aliphatic carbocycles. The van der Waals surface area contributed by atoms with Gasteiger partial charge in [-0.15, -0.1) is 21.5 Å². The minimum absolute atomic E-state index is 0.116. The standard InChI is InChI=1S/C14H17ClN4OS/c1-3-8-16-13-7-4-10(18-19-13)14(20)17-9(2)11-5-6-12(15)21-11/h4-7,9H,3,8H2,1-2H3,(H,16,19)(H,17,20).